The number of benzene rings is 3. The third kappa shape index (κ3) is 5.02. The highest BCUT2D eigenvalue weighted by Gasteiger charge is 2.34. The molecule has 0 saturated carbocycles. The Labute approximate surface area is 201 Å². The van der Waals surface area contributed by atoms with Crippen LogP contribution in [-0.2, 0) is 13.0 Å². The molecule has 0 bridgehead atoms. The van der Waals surface area contributed by atoms with Crippen LogP contribution in [-0.4, -0.2) is 44.7 Å². The Morgan fingerprint density at radius 1 is 0.971 bits per heavy atom. The number of fused-ring (bicyclic) bond motifs is 1. The highest BCUT2D eigenvalue weighted by atomic mass is 16.5. The third-order valence-corrected chi connectivity index (χ3v) is 6.44. The summed E-state index contributed by atoms with van der Waals surface area (Å²) in [6.45, 7) is 3.69. The molecule has 0 aromatic heterocycles. The van der Waals surface area contributed by atoms with Crippen LogP contribution in [0.3, 0.4) is 0 Å². The minimum Gasteiger partial charge on any atom is -0.497 e. The van der Waals surface area contributed by atoms with E-state index in [1.165, 1.54) is 11.1 Å². The van der Waals surface area contributed by atoms with E-state index in [0.29, 0.717) is 11.3 Å². The van der Waals surface area contributed by atoms with Crippen LogP contribution in [0.25, 0.3) is 0 Å². The average molecular weight is 461 g/mol. The van der Waals surface area contributed by atoms with Gasteiger partial charge in [-0.05, 0) is 66.4 Å². The first kappa shape index (κ1) is 23.6. The van der Waals surface area contributed by atoms with Gasteiger partial charge >= 0.3 is 0 Å². The Hall–Kier alpha value is -3.51. The Morgan fingerprint density at radius 3 is 2.29 bits per heavy atom. The van der Waals surface area contributed by atoms with Crippen LogP contribution in [0, 0.1) is 0 Å². The van der Waals surface area contributed by atoms with Crippen molar-refractivity contribution in [3.8, 4) is 17.2 Å². The Balaban J connectivity index is 1.67. The largest absolute Gasteiger partial charge is 0.497 e. The van der Waals surface area contributed by atoms with E-state index in [2.05, 4.69) is 41.4 Å². The van der Waals surface area contributed by atoms with Gasteiger partial charge in [-0.2, -0.15) is 0 Å². The van der Waals surface area contributed by atoms with Gasteiger partial charge in [0.05, 0.1) is 27.4 Å². The van der Waals surface area contributed by atoms with E-state index in [4.69, 9.17) is 14.2 Å². The van der Waals surface area contributed by atoms with E-state index in [9.17, 15) is 4.79 Å². The molecule has 34 heavy (non-hydrogen) atoms. The lowest BCUT2D eigenvalue weighted by molar-refractivity contribution is 0.0877. The second-order valence-electron chi connectivity index (χ2n) is 8.55. The van der Waals surface area contributed by atoms with Crippen LogP contribution < -0.4 is 19.5 Å². The number of hydrogen-bond acceptors (Lipinski definition) is 5. The van der Waals surface area contributed by atoms with Gasteiger partial charge in [0.2, 0.25) is 0 Å². The van der Waals surface area contributed by atoms with Gasteiger partial charge in [0, 0.05) is 24.7 Å². The summed E-state index contributed by atoms with van der Waals surface area (Å²) in [6.07, 6.45) is 0.891. The number of hydrogen-bond donors (Lipinski definition) is 1. The molecule has 0 unspecified atom stereocenters. The van der Waals surface area contributed by atoms with Gasteiger partial charge in [0.1, 0.15) is 5.75 Å². The summed E-state index contributed by atoms with van der Waals surface area (Å²) in [7, 11) is 4.98. The Kier molecular flexibility index (Phi) is 7.38. The zero-order valence-corrected chi connectivity index (χ0v) is 20.2. The zero-order valence-electron chi connectivity index (χ0n) is 20.2. The maximum atomic E-state index is 13.0. The van der Waals surface area contributed by atoms with Crippen LogP contribution in [0.2, 0.25) is 0 Å². The number of methoxy groups -OCH3 is 3. The van der Waals surface area contributed by atoms with Crippen molar-refractivity contribution in [1.82, 2.24) is 10.2 Å². The van der Waals surface area contributed by atoms with Gasteiger partial charge < -0.3 is 19.5 Å². The van der Waals surface area contributed by atoms with E-state index in [-0.39, 0.29) is 18.0 Å². The summed E-state index contributed by atoms with van der Waals surface area (Å²) in [4.78, 5) is 15.4. The number of nitrogens with one attached hydrogen (secondary N) is 1. The maximum absolute atomic E-state index is 13.0. The second kappa shape index (κ2) is 10.6. The molecule has 1 amide bonds. The number of ether oxygens (including phenoxy) is 3. The van der Waals surface area contributed by atoms with Crippen molar-refractivity contribution in [3.05, 3.63) is 89.0 Å². The van der Waals surface area contributed by atoms with E-state index in [1.807, 2.05) is 42.5 Å². The van der Waals surface area contributed by atoms with Crippen LogP contribution in [0.1, 0.15) is 40.0 Å². The molecule has 1 N–H and O–H groups in total. The van der Waals surface area contributed by atoms with Crippen LogP contribution in [0.15, 0.2) is 66.7 Å². The summed E-state index contributed by atoms with van der Waals surface area (Å²) in [5.41, 5.74) is 4.21. The fourth-order valence-corrected chi connectivity index (χ4v) is 4.72. The first-order chi connectivity index (χ1) is 16.5. The highest BCUT2D eigenvalue weighted by molar-refractivity contribution is 5.94. The average Bonchev–Trinajstić information content (AvgIpc) is 2.88. The fourth-order valence-electron chi connectivity index (χ4n) is 4.72. The molecule has 178 valence electrons. The number of rotatable bonds is 8. The predicted octanol–water partition coefficient (Wildman–Crippen LogP) is 4.63. The quantitative estimate of drug-likeness (QED) is 0.531. The lowest BCUT2D eigenvalue weighted by Crippen LogP contribution is -2.47. The summed E-state index contributed by atoms with van der Waals surface area (Å²) in [6, 6.07) is 21.4. The van der Waals surface area contributed by atoms with Crippen molar-refractivity contribution < 1.29 is 19.0 Å². The molecule has 3 aromatic carbocycles. The molecular weight excluding hydrogens is 428 g/mol. The third-order valence-electron chi connectivity index (χ3n) is 6.44. The van der Waals surface area contributed by atoms with Crippen molar-refractivity contribution in [3.63, 3.8) is 0 Å². The summed E-state index contributed by atoms with van der Waals surface area (Å²) in [5, 5.41) is 3.23. The monoisotopic (exact) mass is 460 g/mol. The molecule has 2 atom stereocenters. The van der Waals surface area contributed by atoms with Gasteiger partial charge in [-0.3, -0.25) is 9.69 Å². The van der Waals surface area contributed by atoms with Crippen LogP contribution in [0.5, 0.6) is 17.2 Å². The number of carbonyl (C=O) groups is 1. The van der Waals surface area contributed by atoms with Crippen LogP contribution in [0.4, 0.5) is 0 Å². The molecule has 4 rings (SSSR count). The van der Waals surface area contributed by atoms with E-state index < -0.39 is 0 Å². The summed E-state index contributed by atoms with van der Waals surface area (Å²) < 4.78 is 16.5. The van der Waals surface area contributed by atoms with Gasteiger partial charge in [0.15, 0.2) is 11.5 Å². The van der Waals surface area contributed by atoms with Crippen molar-refractivity contribution in [2.75, 3.05) is 27.9 Å². The fraction of sp³-hybridized carbons (Fsp3) is 0.321. The zero-order chi connectivity index (χ0) is 24.1. The normalized spacial score (nSPS) is 16.3. The van der Waals surface area contributed by atoms with Gasteiger partial charge in [-0.15, -0.1) is 0 Å². The molecule has 6 nitrogen and oxygen atoms in total. The molecule has 1 aliphatic rings. The molecule has 1 heterocycles. The van der Waals surface area contributed by atoms with Gasteiger partial charge in [0.25, 0.3) is 5.91 Å². The lowest BCUT2D eigenvalue weighted by Gasteiger charge is -2.41. The number of amides is 1. The SMILES string of the molecule is COc1ccc(CN2CCc3cc(OC)c(OC)cc3[C@H]2[C@@H](C)NC(=O)c2ccccc2)cc1. The minimum atomic E-state index is -0.136. The highest BCUT2D eigenvalue weighted by Crippen LogP contribution is 2.40. The molecule has 1 aliphatic heterocycles. The van der Waals surface area contributed by atoms with E-state index in [1.54, 1.807) is 21.3 Å². The standard InChI is InChI=1S/C28H32N2O4/c1-19(29-28(31)21-8-6-5-7-9-21)27-24-17-26(34-4)25(33-3)16-22(24)14-15-30(27)18-20-10-12-23(32-2)13-11-20/h5-13,16-17,19,27H,14-15,18H2,1-4H3,(H,29,31)/t19-,27-/m1/s1. The Morgan fingerprint density at radius 2 is 1.65 bits per heavy atom. The first-order valence-electron chi connectivity index (χ1n) is 11.5. The summed E-state index contributed by atoms with van der Waals surface area (Å²) >= 11 is 0. The minimum absolute atomic E-state index is 0.0293. The van der Waals surface area contributed by atoms with Gasteiger partial charge in [-0.25, -0.2) is 0 Å². The van der Waals surface area contributed by atoms with Crippen molar-refractivity contribution >= 4 is 5.91 Å². The molecule has 0 radical (unpaired) electrons. The second-order valence-corrected chi connectivity index (χ2v) is 8.55. The molecular formula is C28H32N2O4. The van der Waals surface area contributed by atoms with Gasteiger partial charge in [-0.1, -0.05) is 30.3 Å². The number of carbonyl (C=O) groups excluding carboxylic acids is 1. The van der Waals surface area contributed by atoms with Crippen molar-refractivity contribution in [2.45, 2.75) is 32.0 Å². The molecule has 0 saturated heterocycles. The van der Waals surface area contributed by atoms with E-state index in [0.717, 1.165) is 36.6 Å². The predicted molar refractivity (Wildman–Crippen MR) is 133 cm³/mol. The lowest BCUT2D eigenvalue weighted by atomic mass is 9.87. The van der Waals surface area contributed by atoms with Crippen LogP contribution >= 0.6 is 0 Å². The maximum Gasteiger partial charge on any atom is 0.251 e. The smallest absolute Gasteiger partial charge is 0.251 e. The number of nitrogens with zero attached hydrogens (tertiary/aromatic N) is 1. The topological polar surface area (TPSA) is 60.0 Å². The van der Waals surface area contributed by atoms with Crippen molar-refractivity contribution in [2.24, 2.45) is 0 Å². The molecule has 0 fully saturated rings. The molecule has 6 heteroatoms. The summed E-state index contributed by atoms with van der Waals surface area (Å²) in [5.74, 6) is 2.18. The molecule has 3 aromatic rings. The molecule has 0 aliphatic carbocycles. The first-order valence-corrected chi connectivity index (χ1v) is 11.5. The van der Waals surface area contributed by atoms with E-state index >= 15 is 0 Å². The molecule has 0 spiro atoms. The Bertz CT molecular complexity index is 1120. The van der Waals surface area contributed by atoms with Crippen molar-refractivity contribution in [1.29, 1.82) is 0 Å².